The van der Waals surface area contributed by atoms with E-state index < -0.39 is 17.2 Å². The van der Waals surface area contributed by atoms with Crippen molar-refractivity contribution in [3.8, 4) is 0 Å². The lowest BCUT2D eigenvalue weighted by Crippen LogP contribution is -2.32. The molecule has 0 saturated carbocycles. The number of hydrogen-bond donors (Lipinski definition) is 1. The third kappa shape index (κ3) is 1.68. The molecule has 1 heterocycles. The third-order valence-electron chi connectivity index (χ3n) is 2.84. The zero-order valence-electron chi connectivity index (χ0n) is 8.47. The first-order valence-electron chi connectivity index (χ1n) is 5.01. The molecule has 1 aliphatic rings. The average Bonchev–Trinajstić information content (AvgIpc) is 2.22. The van der Waals surface area contributed by atoms with Crippen LogP contribution < -0.4 is 11.3 Å². The van der Waals surface area contributed by atoms with Gasteiger partial charge in [-0.25, -0.2) is 0 Å². The van der Waals surface area contributed by atoms with E-state index in [0.717, 1.165) is 17.5 Å². The third-order valence-corrected chi connectivity index (χ3v) is 2.84. The monoisotopic (exact) mass is 232 g/mol. The molecule has 1 aromatic heterocycles. The maximum atomic E-state index is 12.5. The molecule has 0 unspecified atom stereocenters. The highest BCUT2D eigenvalue weighted by Crippen LogP contribution is 2.28. The van der Waals surface area contributed by atoms with Crippen LogP contribution in [0.4, 0.5) is 13.2 Å². The predicted octanol–water partition coefficient (Wildman–Crippen LogP) is 1.46. The Morgan fingerprint density at radius 1 is 1.25 bits per heavy atom. The molecule has 2 rings (SSSR count). The standard InChI is InChI=1S/C10H11F3N2O/c11-10(12,13)7-5-15(14)8-4-2-1-3-6(8)9(7)16/h5H,1-4,14H2. The highest BCUT2D eigenvalue weighted by Gasteiger charge is 2.36. The van der Waals surface area contributed by atoms with Gasteiger partial charge in [-0.15, -0.1) is 0 Å². The van der Waals surface area contributed by atoms with Gasteiger partial charge in [0, 0.05) is 17.5 Å². The molecule has 16 heavy (non-hydrogen) atoms. The number of nitrogens with zero attached hydrogens (tertiary/aromatic N) is 1. The van der Waals surface area contributed by atoms with Crippen LogP contribution in [0.15, 0.2) is 11.0 Å². The summed E-state index contributed by atoms with van der Waals surface area (Å²) < 4.78 is 38.5. The van der Waals surface area contributed by atoms with E-state index in [4.69, 9.17) is 5.84 Å². The molecule has 0 atom stereocenters. The lowest BCUT2D eigenvalue weighted by Gasteiger charge is -2.20. The molecule has 0 spiro atoms. The molecular weight excluding hydrogens is 221 g/mol. The van der Waals surface area contributed by atoms with Gasteiger partial charge >= 0.3 is 6.18 Å². The molecule has 0 aliphatic heterocycles. The fourth-order valence-corrected chi connectivity index (χ4v) is 2.06. The smallest absolute Gasteiger partial charge is 0.339 e. The number of nitrogens with two attached hydrogens (primary N) is 1. The van der Waals surface area contributed by atoms with Crippen molar-refractivity contribution in [1.82, 2.24) is 4.68 Å². The molecule has 0 fully saturated rings. The molecule has 0 amide bonds. The molecule has 6 heteroatoms. The summed E-state index contributed by atoms with van der Waals surface area (Å²) >= 11 is 0. The van der Waals surface area contributed by atoms with Crippen molar-refractivity contribution in [2.75, 3.05) is 5.84 Å². The Balaban J connectivity index is 2.68. The Hall–Kier alpha value is -1.46. The summed E-state index contributed by atoms with van der Waals surface area (Å²) in [7, 11) is 0. The minimum atomic E-state index is -4.63. The molecule has 88 valence electrons. The number of pyridine rings is 1. The highest BCUT2D eigenvalue weighted by molar-refractivity contribution is 5.30. The molecule has 0 saturated heterocycles. The van der Waals surface area contributed by atoms with Gasteiger partial charge in [-0.1, -0.05) is 0 Å². The molecule has 0 aromatic carbocycles. The number of rotatable bonds is 0. The Bertz CT molecular complexity index is 476. The zero-order valence-corrected chi connectivity index (χ0v) is 8.47. The summed E-state index contributed by atoms with van der Waals surface area (Å²) in [5, 5.41) is 0. The number of alkyl halides is 3. The number of nitrogen functional groups attached to an aromatic ring is 1. The van der Waals surface area contributed by atoms with Crippen LogP contribution in [0.3, 0.4) is 0 Å². The number of fused-ring (bicyclic) bond motifs is 1. The fraction of sp³-hybridized carbons (Fsp3) is 0.500. The van der Waals surface area contributed by atoms with Gasteiger partial charge in [0.2, 0.25) is 0 Å². The van der Waals surface area contributed by atoms with Crippen LogP contribution in [0.2, 0.25) is 0 Å². The second-order valence-electron chi connectivity index (χ2n) is 3.91. The summed E-state index contributed by atoms with van der Waals surface area (Å²) in [6, 6.07) is 0. The highest BCUT2D eigenvalue weighted by atomic mass is 19.4. The molecular formula is C10H11F3N2O. The van der Waals surface area contributed by atoms with Gasteiger partial charge < -0.3 is 5.84 Å². The van der Waals surface area contributed by atoms with Crippen molar-refractivity contribution in [3.05, 3.63) is 33.2 Å². The maximum Gasteiger partial charge on any atom is 0.421 e. The summed E-state index contributed by atoms with van der Waals surface area (Å²) in [4.78, 5) is 11.6. The molecule has 1 aliphatic carbocycles. The van der Waals surface area contributed by atoms with Crippen molar-refractivity contribution in [2.24, 2.45) is 0 Å². The molecule has 0 bridgehead atoms. The molecule has 0 radical (unpaired) electrons. The van der Waals surface area contributed by atoms with Crippen LogP contribution in [0, 0.1) is 0 Å². The number of halogens is 3. The molecule has 1 aromatic rings. The average molecular weight is 232 g/mol. The fourth-order valence-electron chi connectivity index (χ4n) is 2.06. The van der Waals surface area contributed by atoms with E-state index in [-0.39, 0.29) is 5.56 Å². The summed E-state index contributed by atoms with van der Waals surface area (Å²) in [6.07, 6.45) is -1.40. The van der Waals surface area contributed by atoms with Crippen molar-refractivity contribution in [3.63, 3.8) is 0 Å². The Morgan fingerprint density at radius 2 is 1.88 bits per heavy atom. The van der Waals surface area contributed by atoms with E-state index in [9.17, 15) is 18.0 Å². The van der Waals surface area contributed by atoms with E-state index in [1.165, 1.54) is 0 Å². The lowest BCUT2D eigenvalue weighted by atomic mass is 9.94. The topological polar surface area (TPSA) is 48.0 Å². The quantitative estimate of drug-likeness (QED) is 0.688. The van der Waals surface area contributed by atoms with E-state index >= 15 is 0 Å². The van der Waals surface area contributed by atoms with Gasteiger partial charge in [-0.3, -0.25) is 9.47 Å². The van der Waals surface area contributed by atoms with Gasteiger partial charge in [-0.2, -0.15) is 13.2 Å². The normalized spacial score (nSPS) is 15.9. The lowest BCUT2D eigenvalue weighted by molar-refractivity contribution is -0.138. The van der Waals surface area contributed by atoms with Gasteiger partial charge in [0.1, 0.15) is 5.56 Å². The van der Waals surface area contributed by atoms with Crippen LogP contribution in [-0.2, 0) is 19.0 Å². The van der Waals surface area contributed by atoms with Crippen LogP contribution in [-0.4, -0.2) is 4.68 Å². The van der Waals surface area contributed by atoms with Crippen molar-refractivity contribution in [2.45, 2.75) is 31.9 Å². The van der Waals surface area contributed by atoms with Gasteiger partial charge in [0.05, 0.1) is 0 Å². The first-order chi connectivity index (χ1) is 7.41. The minimum absolute atomic E-state index is 0.226. The molecule has 2 N–H and O–H groups in total. The van der Waals surface area contributed by atoms with Gasteiger partial charge in [0.15, 0.2) is 5.43 Å². The number of hydrogen-bond acceptors (Lipinski definition) is 2. The second-order valence-corrected chi connectivity index (χ2v) is 3.91. The summed E-state index contributed by atoms with van der Waals surface area (Å²) in [5.41, 5.74) is -1.33. The Labute approximate surface area is 89.6 Å². The van der Waals surface area contributed by atoms with Crippen LogP contribution >= 0.6 is 0 Å². The van der Waals surface area contributed by atoms with Crippen molar-refractivity contribution < 1.29 is 13.2 Å². The Kier molecular flexibility index (Phi) is 2.44. The van der Waals surface area contributed by atoms with E-state index in [1.807, 2.05) is 0 Å². The zero-order chi connectivity index (χ0) is 11.9. The van der Waals surface area contributed by atoms with E-state index in [2.05, 4.69) is 0 Å². The van der Waals surface area contributed by atoms with Crippen molar-refractivity contribution >= 4 is 0 Å². The van der Waals surface area contributed by atoms with E-state index in [0.29, 0.717) is 24.7 Å². The summed E-state index contributed by atoms with van der Waals surface area (Å²) in [6.45, 7) is 0. The molecule has 3 nitrogen and oxygen atoms in total. The first-order valence-corrected chi connectivity index (χ1v) is 5.01. The van der Waals surface area contributed by atoms with E-state index in [1.54, 1.807) is 0 Å². The largest absolute Gasteiger partial charge is 0.421 e. The maximum absolute atomic E-state index is 12.5. The van der Waals surface area contributed by atoms with Gasteiger partial charge in [-0.05, 0) is 25.7 Å². The first kappa shape index (κ1) is 11.0. The van der Waals surface area contributed by atoms with Crippen LogP contribution in [0.25, 0.3) is 0 Å². The second kappa shape index (κ2) is 3.54. The predicted molar refractivity (Wildman–Crippen MR) is 52.5 cm³/mol. The Morgan fingerprint density at radius 3 is 2.50 bits per heavy atom. The summed E-state index contributed by atoms with van der Waals surface area (Å²) in [5.74, 6) is 5.49. The van der Waals surface area contributed by atoms with Crippen LogP contribution in [0.5, 0.6) is 0 Å². The minimum Gasteiger partial charge on any atom is -0.339 e. The van der Waals surface area contributed by atoms with Crippen LogP contribution in [0.1, 0.15) is 29.7 Å². The number of aromatic nitrogens is 1. The SMILES string of the molecule is Nn1cc(C(F)(F)F)c(=O)c2c1CCCC2. The van der Waals surface area contributed by atoms with Gasteiger partial charge in [0.25, 0.3) is 0 Å². The van der Waals surface area contributed by atoms with Crippen molar-refractivity contribution in [1.29, 1.82) is 0 Å².